The molecule has 0 saturated carbocycles. The molecule has 0 spiro atoms. The molecule has 1 aliphatic heterocycles. The molecule has 186 valence electrons. The predicted molar refractivity (Wildman–Crippen MR) is 132 cm³/mol. The summed E-state index contributed by atoms with van der Waals surface area (Å²) >= 11 is 0. The van der Waals surface area contributed by atoms with E-state index in [-0.39, 0.29) is 22.7 Å². The Morgan fingerprint density at radius 1 is 0.919 bits per heavy atom. The zero-order valence-corrected chi connectivity index (χ0v) is 20.0. The number of esters is 2. The lowest BCUT2D eigenvalue weighted by Gasteiger charge is -2.36. The van der Waals surface area contributed by atoms with Gasteiger partial charge in [-0.2, -0.15) is 5.26 Å². The van der Waals surface area contributed by atoms with Crippen LogP contribution in [0.25, 0.3) is 0 Å². The minimum atomic E-state index is -0.970. The molecule has 9 heteroatoms. The zero-order chi connectivity index (χ0) is 26.5. The van der Waals surface area contributed by atoms with Crippen LogP contribution in [-0.2, 0) is 19.1 Å². The minimum Gasteiger partial charge on any atom is -0.466 e. The molecule has 0 saturated heterocycles. The standard InChI is InChI=1S/C28H22FN3O5/c1-35-27(33)24-23(17-7-4-3-5-8-17)22(16-30)26(31)32(25(24)28(34)36-2)19-9-6-10-21(15-19)37-20-13-11-18(29)12-14-20/h3-15,23H,31H2,1-2H3. The molecule has 1 aliphatic rings. The smallest absolute Gasteiger partial charge is 0.355 e. The van der Waals surface area contributed by atoms with Crippen LogP contribution in [0.2, 0.25) is 0 Å². The predicted octanol–water partition coefficient (Wildman–Crippen LogP) is 4.52. The lowest BCUT2D eigenvalue weighted by Crippen LogP contribution is -2.40. The summed E-state index contributed by atoms with van der Waals surface area (Å²) < 4.78 is 29.2. The van der Waals surface area contributed by atoms with Crippen LogP contribution in [0, 0.1) is 17.1 Å². The molecule has 3 aromatic carbocycles. The van der Waals surface area contributed by atoms with Crippen LogP contribution in [0.5, 0.6) is 11.5 Å². The molecule has 0 radical (unpaired) electrons. The van der Waals surface area contributed by atoms with Crippen molar-refractivity contribution in [3.05, 3.63) is 113 Å². The molecule has 0 bridgehead atoms. The number of benzene rings is 3. The second-order valence-corrected chi connectivity index (χ2v) is 7.89. The molecule has 8 nitrogen and oxygen atoms in total. The van der Waals surface area contributed by atoms with Gasteiger partial charge in [-0.25, -0.2) is 14.0 Å². The number of anilines is 1. The van der Waals surface area contributed by atoms with E-state index in [0.29, 0.717) is 22.7 Å². The van der Waals surface area contributed by atoms with Crippen LogP contribution >= 0.6 is 0 Å². The Balaban J connectivity index is 1.92. The summed E-state index contributed by atoms with van der Waals surface area (Å²) in [6, 6.07) is 22.7. The SMILES string of the molecule is COC(=O)C1=C(C(=O)OC)N(c2cccc(Oc3ccc(F)cc3)c2)C(N)=C(C#N)C1c1ccccc1. The number of hydrogen-bond acceptors (Lipinski definition) is 8. The van der Waals surface area contributed by atoms with E-state index < -0.39 is 23.7 Å². The third-order valence-corrected chi connectivity index (χ3v) is 5.74. The quantitative estimate of drug-likeness (QED) is 0.493. The van der Waals surface area contributed by atoms with E-state index >= 15 is 0 Å². The Hall–Kier alpha value is -5.10. The van der Waals surface area contributed by atoms with Crippen molar-refractivity contribution in [3.8, 4) is 17.6 Å². The molecule has 1 heterocycles. The summed E-state index contributed by atoms with van der Waals surface area (Å²) in [5.74, 6) is -2.41. The first kappa shape index (κ1) is 25.0. The van der Waals surface area contributed by atoms with E-state index in [4.69, 9.17) is 19.9 Å². The van der Waals surface area contributed by atoms with E-state index in [1.165, 1.54) is 43.4 Å². The van der Waals surface area contributed by atoms with Gasteiger partial charge in [0.1, 0.15) is 28.8 Å². The highest BCUT2D eigenvalue weighted by Crippen LogP contribution is 2.43. The largest absolute Gasteiger partial charge is 0.466 e. The molecular weight excluding hydrogens is 477 g/mol. The Morgan fingerprint density at radius 2 is 1.59 bits per heavy atom. The average Bonchev–Trinajstić information content (AvgIpc) is 2.93. The summed E-state index contributed by atoms with van der Waals surface area (Å²) in [6.45, 7) is 0. The number of hydrogen-bond donors (Lipinski definition) is 1. The first-order valence-corrected chi connectivity index (χ1v) is 11.1. The van der Waals surface area contributed by atoms with E-state index in [2.05, 4.69) is 6.07 Å². The highest BCUT2D eigenvalue weighted by molar-refractivity contribution is 6.06. The second-order valence-electron chi connectivity index (χ2n) is 7.89. The Kier molecular flexibility index (Phi) is 7.21. The van der Waals surface area contributed by atoms with Gasteiger partial charge in [0.15, 0.2) is 0 Å². The molecule has 0 aliphatic carbocycles. The molecule has 1 atom stereocenters. The fourth-order valence-electron chi connectivity index (χ4n) is 4.11. The van der Waals surface area contributed by atoms with E-state index in [1.807, 2.05) is 0 Å². The van der Waals surface area contributed by atoms with E-state index in [1.54, 1.807) is 54.6 Å². The van der Waals surface area contributed by atoms with Gasteiger partial charge in [0, 0.05) is 6.07 Å². The zero-order valence-electron chi connectivity index (χ0n) is 20.0. The summed E-state index contributed by atoms with van der Waals surface area (Å²) in [7, 11) is 2.36. The maximum atomic E-state index is 13.3. The Labute approximate surface area is 212 Å². The molecule has 1 unspecified atom stereocenters. The number of rotatable bonds is 6. The summed E-state index contributed by atoms with van der Waals surface area (Å²) in [4.78, 5) is 27.5. The van der Waals surface area contributed by atoms with E-state index in [0.717, 1.165) is 0 Å². The van der Waals surface area contributed by atoms with Crippen molar-refractivity contribution in [1.82, 2.24) is 0 Å². The van der Waals surface area contributed by atoms with Gasteiger partial charge >= 0.3 is 11.9 Å². The van der Waals surface area contributed by atoms with Crippen molar-refractivity contribution < 1.29 is 28.2 Å². The molecule has 37 heavy (non-hydrogen) atoms. The highest BCUT2D eigenvalue weighted by atomic mass is 19.1. The Bertz CT molecular complexity index is 1440. The molecule has 0 amide bonds. The maximum absolute atomic E-state index is 13.3. The van der Waals surface area contributed by atoms with Crippen molar-refractivity contribution in [2.75, 3.05) is 19.1 Å². The van der Waals surface area contributed by atoms with Gasteiger partial charge in [0.2, 0.25) is 0 Å². The number of nitrogens with two attached hydrogens (primary N) is 1. The number of ether oxygens (including phenoxy) is 3. The van der Waals surface area contributed by atoms with Crippen LogP contribution in [0.4, 0.5) is 10.1 Å². The topological polar surface area (TPSA) is 115 Å². The minimum absolute atomic E-state index is 0.0455. The van der Waals surface area contributed by atoms with Gasteiger partial charge in [0.25, 0.3) is 0 Å². The van der Waals surface area contributed by atoms with Crippen LogP contribution in [0.1, 0.15) is 11.5 Å². The number of methoxy groups -OCH3 is 2. The van der Waals surface area contributed by atoms with Crippen molar-refractivity contribution in [2.45, 2.75) is 5.92 Å². The van der Waals surface area contributed by atoms with Crippen LogP contribution in [0.15, 0.2) is 102 Å². The number of nitriles is 1. The number of carbonyl (C=O) groups excluding carboxylic acids is 2. The Morgan fingerprint density at radius 3 is 2.22 bits per heavy atom. The molecule has 0 aromatic heterocycles. The lowest BCUT2D eigenvalue weighted by atomic mass is 9.81. The fourth-order valence-corrected chi connectivity index (χ4v) is 4.11. The van der Waals surface area contributed by atoms with Crippen molar-refractivity contribution in [2.24, 2.45) is 5.73 Å². The molecule has 4 rings (SSSR count). The number of allylic oxidation sites excluding steroid dienone is 1. The molecule has 3 aromatic rings. The van der Waals surface area contributed by atoms with E-state index in [9.17, 15) is 19.2 Å². The highest BCUT2D eigenvalue weighted by Gasteiger charge is 2.43. The van der Waals surface area contributed by atoms with Gasteiger partial charge < -0.3 is 19.9 Å². The number of halogens is 1. The first-order valence-electron chi connectivity index (χ1n) is 11.1. The maximum Gasteiger partial charge on any atom is 0.355 e. The van der Waals surface area contributed by atoms with Gasteiger partial charge in [-0.05, 0) is 42.0 Å². The molecule has 0 fully saturated rings. The van der Waals surface area contributed by atoms with Gasteiger partial charge in [-0.3, -0.25) is 4.90 Å². The summed E-state index contributed by atoms with van der Waals surface area (Å²) in [5.41, 5.74) is 7.14. The normalized spacial score (nSPS) is 15.2. The third kappa shape index (κ3) is 4.86. The van der Waals surface area contributed by atoms with Crippen molar-refractivity contribution in [1.29, 1.82) is 5.26 Å². The summed E-state index contributed by atoms with van der Waals surface area (Å²) in [5, 5.41) is 10.1. The van der Waals surface area contributed by atoms with Crippen molar-refractivity contribution >= 4 is 17.6 Å². The lowest BCUT2D eigenvalue weighted by molar-refractivity contribution is -0.139. The second kappa shape index (κ2) is 10.7. The van der Waals surface area contributed by atoms with Crippen LogP contribution in [0.3, 0.4) is 0 Å². The number of nitrogens with zero attached hydrogens (tertiary/aromatic N) is 2. The molecule has 2 N–H and O–H groups in total. The van der Waals surface area contributed by atoms with Crippen LogP contribution < -0.4 is 15.4 Å². The van der Waals surface area contributed by atoms with Crippen molar-refractivity contribution in [3.63, 3.8) is 0 Å². The van der Waals surface area contributed by atoms with Gasteiger partial charge in [-0.15, -0.1) is 0 Å². The van der Waals surface area contributed by atoms with Gasteiger partial charge in [-0.1, -0.05) is 36.4 Å². The molecular formula is C28H22FN3O5. The summed E-state index contributed by atoms with van der Waals surface area (Å²) in [6.07, 6.45) is 0. The third-order valence-electron chi connectivity index (χ3n) is 5.74. The fraction of sp³-hybridized carbons (Fsp3) is 0.107. The van der Waals surface area contributed by atoms with Crippen LogP contribution in [-0.4, -0.2) is 26.2 Å². The first-order chi connectivity index (χ1) is 17.9. The average molecular weight is 499 g/mol. The van der Waals surface area contributed by atoms with Gasteiger partial charge in [0.05, 0.1) is 43.0 Å². The number of carbonyl (C=O) groups is 2. The monoisotopic (exact) mass is 499 g/mol.